The van der Waals surface area contributed by atoms with Crippen molar-refractivity contribution in [3.63, 3.8) is 0 Å². The number of rotatable bonds is 2. The average Bonchev–Trinajstić information content (AvgIpc) is 2.29. The SMILES string of the molecule is O=C(O)c1cn(C2CCOCC2)c(=O)cc1Cl. The van der Waals surface area contributed by atoms with E-state index in [-0.39, 0.29) is 22.2 Å². The number of carbonyl (C=O) groups is 1. The van der Waals surface area contributed by atoms with Crippen molar-refractivity contribution >= 4 is 17.6 Å². The lowest BCUT2D eigenvalue weighted by Gasteiger charge is -2.24. The molecule has 2 heterocycles. The van der Waals surface area contributed by atoms with Crippen LogP contribution in [0.25, 0.3) is 0 Å². The summed E-state index contributed by atoms with van der Waals surface area (Å²) < 4.78 is 6.65. The Hall–Kier alpha value is -1.33. The summed E-state index contributed by atoms with van der Waals surface area (Å²) in [6.07, 6.45) is 2.74. The van der Waals surface area contributed by atoms with Crippen LogP contribution in [0, 0.1) is 0 Å². The zero-order chi connectivity index (χ0) is 12.4. The van der Waals surface area contributed by atoms with Gasteiger partial charge in [0.2, 0.25) is 0 Å². The number of halogens is 1. The second kappa shape index (κ2) is 4.89. The summed E-state index contributed by atoms with van der Waals surface area (Å²) in [6, 6.07) is 1.15. The molecule has 1 fully saturated rings. The van der Waals surface area contributed by atoms with E-state index in [1.165, 1.54) is 10.8 Å². The van der Waals surface area contributed by atoms with Crippen LogP contribution in [0.5, 0.6) is 0 Å². The molecule has 0 spiro atoms. The van der Waals surface area contributed by atoms with Crippen LogP contribution in [-0.2, 0) is 4.74 Å². The van der Waals surface area contributed by atoms with E-state index in [0.717, 1.165) is 6.07 Å². The monoisotopic (exact) mass is 257 g/mol. The maximum Gasteiger partial charge on any atom is 0.338 e. The van der Waals surface area contributed by atoms with Gasteiger partial charge in [-0.05, 0) is 12.8 Å². The molecule has 1 N–H and O–H groups in total. The van der Waals surface area contributed by atoms with Crippen molar-refractivity contribution in [3.05, 3.63) is 33.2 Å². The first-order chi connectivity index (χ1) is 8.09. The Morgan fingerprint density at radius 3 is 2.71 bits per heavy atom. The Kier molecular flexibility index (Phi) is 3.49. The molecular formula is C11H12ClNO4. The van der Waals surface area contributed by atoms with Crippen molar-refractivity contribution in [3.8, 4) is 0 Å². The number of nitrogens with zero attached hydrogens (tertiary/aromatic N) is 1. The van der Waals surface area contributed by atoms with Gasteiger partial charge in [0.25, 0.3) is 5.56 Å². The van der Waals surface area contributed by atoms with Gasteiger partial charge in [-0.3, -0.25) is 4.79 Å². The Morgan fingerprint density at radius 2 is 2.12 bits per heavy atom. The fourth-order valence-electron chi connectivity index (χ4n) is 1.93. The van der Waals surface area contributed by atoms with Crippen LogP contribution >= 0.6 is 11.6 Å². The van der Waals surface area contributed by atoms with Gasteiger partial charge in [0.05, 0.1) is 10.6 Å². The molecule has 2 rings (SSSR count). The molecule has 1 aliphatic heterocycles. The van der Waals surface area contributed by atoms with Crippen LogP contribution in [0.4, 0.5) is 0 Å². The standard InChI is InChI=1S/C11H12ClNO4/c12-9-5-10(14)13(6-8(9)11(15)16)7-1-3-17-4-2-7/h5-7H,1-4H2,(H,15,16). The number of hydrogen-bond acceptors (Lipinski definition) is 3. The third-order valence-corrected chi connectivity index (χ3v) is 3.16. The van der Waals surface area contributed by atoms with Gasteiger partial charge in [-0.25, -0.2) is 4.79 Å². The Morgan fingerprint density at radius 1 is 1.47 bits per heavy atom. The van der Waals surface area contributed by atoms with Crippen molar-refractivity contribution in [2.75, 3.05) is 13.2 Å². The number of hydrogen-bond donors (Lipinski definition) is 1. The summed E-state index contributed by atoms with van der Waals surface area (Å²) >= 11 is 5.72. The van der Waals surface area contributed by atoms with E-state index in [0.29, 0.717) is 26.1 Å². The highest BCUT2D eigenvalue weighted by molar-refractivity contribution is 6.33. The summed E-state index contributed by atoms with van der Waals surface area (Å²) in [7, 11) is 0. The van der Waals surface area contributed by atoms with E-state index in [9.17, 15) is 9.59 Å². The molecule has 1 saturated heterocycles. The van der Waals surface area contributed by atoms with Crippen molar-refractivity contribution in [1.29, 1.82) is 0 Å². The minimum absolute atomic E-state index is 0.00776. The summed E-state index contributed by atoms with van der Waals surface area (Å²) in [5, 5.41) is 8.93. The maximum absolute atomic E-state index is 11.8. The first kappa shape index (κ1) is 12.1. The molecule has 0 amide bonds. The lowest BCUT2D eigenvalue weighted by Crippen LogP contribution is -2.29. The summed E-state index contributed by atoms with van der Waals surface area (Å²) in [5.74, 6) is -1.13. The van der Waals surface area contributed by atoms with Gasteiger partial charge in [-0.2, -0.15) is 0 Å². The van der Waals surface area contributed by atoms with Crippen LogP contribution in [0.2, 0.25) is 5.02 Å². The van der Waals surface area contributed by atoms with Crippen LogP contribution in [0.15, 0.2) is 17.1 Å². The number of aromatic nitrogens is 1. The highest BCUT2D eigenvalue weighted by Crippen LogP contribution is 2.21. The minimum atomic E-state index is -1.13. The second-order valence-corrected chi connectivity index (χ2v) is 4.34. The van der Waals surface area contributed by atoms with E-state index in [1.54, 1.807) is 0 Å². The average molecular weight is 258 g/mol. The number of pyridine rings is 1. The Bertz CT molecular complexity index is 491. The zero-order valence-electron chi connectivity index (χ0n) is 9.06. The second-order valence-electron chi connectivity index (χ2n) is 3.93. The Labute approximate surface area is 103 Å². The first-order valence-corrected chi connectivity index (χ1v) is 5.70. The van der Waals surface area contributed by atoms with E-state index in [2.05, 4.69) is 0 Å². The van der Waals surface area contributed by atoms with Crippen LogP contribution in [0.1, 0.15) is 29.2 Å². The Balaban J connectivity index is 2.42. The molecule has 0 atom stereocenters. The summed E-state index contributed by atoms with van der Waals surface area (Å²) in [4.78, 5) is 22.7. The molecule has 17 heavy (non-hydrogen) atoms. The van der Waals surface area contributed by atoms with Crippen LogP contribution < -0.4 is 5.56 Å². The lowest BCUT2D eigenvalue weighted by molar-refractivity contribution is 0.0670. The zero-order valence-corrected chi connectivity index (χ0v) is 9.81. The summed E-state index contributed by atoms with van der Waals surface area (Å²) in [6.45, 7) is 1.17. The highest BCUT2D eigenvalue weighted by atomic mass is 35.5. The van der Waals surface area contributed by atoms with Gasteiger partial charge in [0, 0.05) is 31.5 Å². The third kappa shape index (κ3) is 2.50. The predicted octanol–water partition coefficient (Wildman–Crippen LogP) is 1.55. The number of ether oxygens (including phenoxy) is 1. The molecule has 92 valence electrons. The lowest BCUT2D eigenvalue weighted by atomic mass is 10.1. The normalized spacial score (nSPS) is 17.0. The molecule has 1 aliphatic rings. The van der Waals surface area contributed by atoms with Gasteiger partial charge < -0.3 is 14.4 Å². The molecule has 0 aliphatic carbocycles. The summed E-state index contributed by atoms with van der Waals surface area (Å²) in [5.41, 5.74) is -0.315. The molecule has 5 nitrogen and oxygen atoms in total. The molecule has 1 aromatic heterocycles. The molecular weight excluding hydrogens is 246 g/mol. The van der Waals surface area contributed by atoms with Crippen molar-refractivity contribution in [1.82, 2.24) is 4.57 Å². The smallest absolute Gasteiger partial charge is 0.338 e. The highest BCUT2D eigenvalue weighted by Gasteiger charge is 2.19. The topological polar surface area (TPSA) is 68.5 Å². The van der Waals surface area contributed by atoms with Crippen molar-refractivity contribution < 1.29 is 14.6 Å². The molecule has 6 heteroatoms. The molecule has 1 aromatic rings. The van der Waals surface area contributed by atoms with Gasteiger partial charge in [-0.1, -0.05) is 11.6 Å². The molecule has 0 saturated carbocycles. The maximum atomic E-state index is 11.8. The molecule has 0 aromatic carbocycles. The fraction of sp³-hybridized carbons (Fsp3) is 0.455. The van der Waals surface area contributed by atoms with E-state index < -0.39 is 5.97 Å². The number of carboxylic acids is 1. The van der Waals surface area contributed by atoms with Gasteiger partial charge in [-0.15, -0.1) is 0 Å². The van der Waals surface area contributed by atoms with Crippen molar-refractivity contribution in [2.45, 2.75) is 18.9 Å². The van der Waals surface area contributed by atoms with Crippen LogP contribution in [0.3, 0.4) is 0 Å². The molecule has 0 radical (unpaired) electrons. The fourth-order valence-corrected chi connectivity index (χ4v) is 2.15. The van der Waals surface area contributed by atoms with Crippen LogP contribution in [-0.4, -0.2) is 28.9 Å². The number of aromatic carboxylic acids is 1. The van der Waals surface area contributed by atoms with E-state index >= 15 is 0 Å². The molecule has 0 unspecified atom stereocenters. The number of carboxylic acid groups (broad SMARTS) is 1. The van der Waals surface area contributed by atoms with E-state index in [4.69, 9.17) is 21.4 Å². The van der Waals surface area contributed by atoms with E-state index in [1.807, 2.05) is 0 Å². The third-order valence-electron chi connectivity index (χ3n) is 2.84. The first-order valence-electron chi connectivity index (χ1n) is 5.32. The molecule has 0 bridgehead atoms. The quantitative estimate of drug-likeness (QED) is 0.873. The van der Waals surface area contributed by atoms with Gasteiger partial charge in [0.15, 0.2) is 0 Å². The van der Waals surface area contributed by atoms with Gasteiger partial charge >= 0.3 is 5.97 Å². The largest absolute Gasteiger partial charge is 0.478 e. The predicted molar refractivity (Wildman–Crippen MR) is 61.8 cm³/mol. The minimum Gasteiger partial charge on any atom is -0.478 e. The van der Waals surface area contributed by atoms with Gasteiger partial charge in [0.1, 0.15) is 0 Å². The van der Waals surface area contributed by atoms with Crippen molar-refractivity contribution in [2.24, 2.45) is 0 Å².